The van der Waals surface area contributed by atoms with Crippen LogP contribution in [0.25, 0.3) is 0 Å². The maximum Gasteiger partial charge on any atom is 0.294 e. The summed E-state index contributed by atoms with van der Waals surface area (Å²) >= 11 is 3.44. The van der Waals surface area contributed by atoms with Gasteiger partial charge in [-0.1, -0.05) is 28.1 Å². The maximum atomic E-state index is 5.44. The molecule has 1 heterocycles. The number of hydrogen-bond acceptors (Lipinski definition) is 3. The molecule has 78 valence electrons. The summed E-state index contributed by atoms with van der Waals surface area (Å²) in [5.41, 5.74) is 1.20. The lowest BCUT2D eigenvalue weighted by atomic mass is 10.1. The summed E-state index contributed by atoms with van der Waals surface area (Å²) in [4.78, 5) is 4.06. The van der Waals surface area contributed by atoms with Gasteiger partial charge in [0.15, 0.2) is 0 Å². The molecule has 0 radical (unpaired) electrons. The average Bonchev–Trinajstić information content (AvgIpc) is 2.65. The Morgan fingerprint density at radius 1 is 1.47 bits per heavy atom. The predicted octanol–water partition coefficient (Wildman–Crippen LogP) is 3.07. The molecule has 0 amide bonds. The van der Waals surface area contributed by atoms with Crippen molar-refractivity contribution in [3.63, 3.8) is 0 Å². The molecule has 3 nitrogen and oxygen atoms in total. The zero-order chi connectivity index (χ0) is 10.7. The van der Waals surface area contributed by atoms with E-state index in [-0.39, 0.29) is 0 Å². The number of oxazole rings is 1. The molecular formula is C11H11BrN2O. The molecular weight excluding hydrogens is 256 g/mol. The largest absolute Gasteiger partial charge is 0.428 e. The Labute approximate surface area is 96.6 Å². The second-order valence-electron chi connectivity index (χ2n) is 3.19. The minimum absolute atomic E-state index is 0.556. The molecule has 0 atom stereocenters. The van der Waals surface area contributed by atoms with Gasteiger partial charge in [0, 0.05) is 17.9 Å². The number of halogens is 1. The number of rotatable bonds is 3. The van der Waals surface area contributed by atoms with Crippen molar-refractivity contribution in [3.05, 3.63) is 46.3 Å². The SMILES string of the molecule is CNc1ncc(Cc2cccc(Br)c2)o1. The van der Waals surface area contributed by atoms with Crippen molar-refractivity contribution < 1.29 is 4.42 Å². The Kier molecular flexibility index (Phi) is 3.06. The molecule has 1 aromatic heterocycles. The van der Waals surface area contributed by atoms with Crippen molar-refractivity contribution >= 4 is 21.9 Å². The molecule has 0 saturated heterocycles. The number of anilines is 1. The van der Waals surface area contributed by atoms with Crippen LogP contribution in [0.15, 0.2) is 39.4 Å². The first kappa shape index (κ1) is 10.2. The zero-order valence-corrected chi connectivity index (χ0v) is 9.91. The van der Waals surface area contributed by atoms with Gasteiger partial charge in [-0.2, -0.15) is 0 Å². The van der Waals surface area contributed by atoms with Crippen molar-refractivity contribution in [2.45, 2.75) is 6.42 Å². The summed E-state index contributed by atoms with van der Waals surface area (Å²) in [5.74, 6) is 0.859. The number of benzene rings is 1. The van der Waals surface area contributed by atoms with Gasteiger partial charge >= 0.3 is 0 Å². The fourth-order valence-electron chi connectivity index (χ4n) is 1.35. The fourth-order valence-corrected chi connectivity index (χ4v) is 1.80. The third-order valence-electron chi connectivity index (χ3n) is 2.03. The van der Waals surface area contributed by atoms with Crippen LogP contribution in [0.3, 0.4) is 0 Å². The summed E-state index contributed by atoms with van der Waals surface area (Å²) in [6.07, 6.45) is 2.50. The Hall–Kier alpha value is -1.29. The van der Waals surface area contributed by atoms with Crippen molar-refractivity contribution in [3.8, 4) is 0 Å². The van der Waals surface area contributed by atoms with Gasteiger partial charge in [0.05, 0.1) is 6.20 Å². The molecule has 0 aliphatic rings. The van der Waals surface area contributed by atoms with Crippen molar-refractivity contribution in [2.75, 3.05) is 12.4 Å². The minimum atomic E-state index is 0.556. The molecule has 15 heavy (non-hydrogen) atoms. The molecule has 0 fully saturated rings. The number of aromatic nitrogens is 1. The van der Waals surface area contributed by atoms with E-state index in [1.807, 2.05) is 12.1 Å². The summed E-state index contributed by atoms with van der Waals surface area (Å²) in [6.45, 7) is 0. The highest BCUT2D eigenvalue weighted by Crippen LogP contribution is 2.16. The summed E-state index contributed by atoms with van der Waals surface area (Å²) in [7, 11) is 1.79. The molecule has 0 saturated carbocycles. The van der Waals surface area contributed by atoms with Crippen LogP contribution < -0.4 is 5.32 Å². The minimum Gasteiger partial charge on any atom is -0.428 e. The third kappa shape index (κ3) is 2.59. The van der Waals surface area contributed by atoms with Crippen molar-refractivity contribution in [1.82, 2.24) is 4.98 Å². The fraction of sp³-hybridized carbons (Fsp3) is 0.182. The quantitative estimate of drug-likeness (QED) is 0.928. The van der Waals surface area contributed by atoms with Gasteiger partial charge < -0.3 is 9.73 Å². The third-order valence-corrected chi connectivity index (χ3v) is 2.53. The smallest absolute Gasteiger partial charge is 0.294 e. The van der Waals surface area contributed by atoms with E-state index in [2.05, 4.69) is 38.4 Å². The van der Waals surface area contributed by atoms with Crippen molar-refractivity contribution in [1.29, 1.82) is 0 Å². The van der Waals surface area contributed by atoms with E-state index in [9.17, 15) is 0 Å². The van der Waals surface area contributed by atoms with E-state index in [4.69, 9.17) is 4.42 Å². The molecule has 1 N–H and O–H groups in total. The van der Waals surface area contributed by atoms with Gasteiger partial charge in [0.2, 0.25) is 0 Å². The van der Waals surface area contributed by atoms with Crippen LogP contribution >= 0.6 is 15.9 Å². The lowest BCUT2D eigenvalue weighted by Crippen LogP contribution is -1.86. The molecule has 0 unspecified atom stereocenters. The van der Waals surface area contributed by atoms with Crippen LogP contribution in [0.4, 0.5) is 6.01 Å². The molecule has 0 aliphatic heterocycles. The summed E-state index contributed by atoms with van der Waals surface area (Å²) in [6, 6.07) is 8.70. The van der Waals surface area contributed by atoms with E-state index in [0.717, 1.165) is 16.7 Å². The summed E-state index contributed by atoms with van der Waals surface area (Å²) in [5, 5.41) is 2.86. The van der Waals surface area contributed by atoms with Crippen LogP contribution in [-0.4, -0.2) is 12.0 Å². The number of nitrogens with one attached hydrogen (secondary N) is 1. The average molecular weight is 267 g/mol. The second kappa shape index (κ2) is 4.49. The van der Waals surface area contributed by atoms with Gasteiger partial charge in [0.1, 0.15) is 5.76 Å². The Balaban J connectivity index is 2.14. The molecule has 4 heteroatoms. The highest BCUT2D eigenvalue weighted by molar-refractivity contribution is 9.10. The first-order chi connectivity index (χ1) is 7.28. The molecule has 0 bridgehead atoms. The number of hydrogen-bond donors (Lipinski definition) is 1. The van der Waals surface area contributed by atoms with Crippen LogP contribution in [-0.2, 0) is 6.42 Å². The standard InChI is InChI=1S/C11H11BrN2O/c1-13-11-14-7-10(15-11)6-8-3-2-4-9(12)5-8/h2-5,7H,6H2,1H3,(H,13,14). The van der Waals surface area contributed by atoms with Crippen LogP contribution in [0.5, 0.6) is 0 Å². The van der Waals surface area contributed by atoms with Crippen LogP contribution in [0.2, 0.25) is 0 Å². The maximum absolute atomic E-state index is 5.44. The van der Waals surface area contributed by atoms with E-state index in [0.29, 0.717) is 6.01 Å². The van der Waals surface area contributed by atoms with Gasteiger partial charge in [0.25, 0.3) is 6.01 Å². The van der Waals surface area contributed by atoms with Gasteiger partial charge in [-0.05, 0) is 17.7 Å². The molecule has 2 aromatic rings. The lowest BCUT2D eigenvalue weighted by molar-refractivity contribution is 0.530. The first-order valence-electron chi connectivity index (χ1n) is 4.65. The number of nitrogens with zero attached hydrogens (tertiary/aromatic N) is 1. The van der Waals surface area contributed by atoms with Gasteiger partial charge in [-0.25, -0.2) is 4.98 Å². The van der Waals surface area contributed by atoms with E-state index in [1.54, 1.807) is 13.2 Å². The molecule has 0 spiro atoms. The van der Waals surface area contributed by atoms with Gasteiger partial charge in [-0.15, -0.1) is 0 Å². The Morgan fingerprint density at radius 3 is 3.00 bits per heavy atom. The Bertz CT molecular complexity index is 453. The first-order valence-corrected chi connectivity index (χ1v) is 5.44. The lowest BCUT2D eigenvalue weighted by Gasteiger charge is -1.98. The molecule has 1 aromatic carbocycles. The van der Waals surface area contributed by atoms with Crippen LogP contribution in [0.1, 0.15) is 11.3 Å². The normalized spacial score (nSPS) is 10.3. The second-order valence-corrected chi connectivity index (χ2v) is 4.10. The summed E-state index contributed by atoms with van der Waals surface area (Å²) < 4.78 is 6.52. The monoisotopic (exact) mass is 266 g/mol. The zero-order valence-electron chi connectivity index (χ0n) is 8.33. The van der Waals surface area contributed by atoms with Gasteiger partial charge in [-0.3, -0.25) is 0 Å². The predicted molar refractivity (Wildman–Crippen MR) is 63.0 cm³/mol. The van der Waals surface area contributed by atoms with E-state index in [1.165, 1.54) is 5.56 Å². The highest BCUT2D eigenvalue weighted by Gasteiger charge is 2.03. The molecule has 0 aliphatic carbocycles. The topological polar surface area (TPSA) is 38.1 Å². The van der Waals surface area contributed by atoms with Crippen LogP contribution in [0, 0.1) is 0 Å². The van der Waals surface area contributed by atoms with E-state index < -0.39 is 0 Å². The molecule has 2 rings (SSSR count). The highest BCUT2D eigenvalue weighted by atomic mass is 79.9. The van der Waals surface area contributed by atoms with Crippen molar-refractivity contribution in [2.24, 2.45) is 0 Å². The van der Waals surface area contributed by atoms with E-state index >= 15 is 0 Å². The Morgan fingerprint density at radius 2 is 2.33 bits per heavy atom.